The maximum absolute atomic E-state index is 15.0. The molecule has 0 unspecified atom stereocenters. The minimum atomic E-state index is -2.76. The van der Waals surface area contributed by atoms with Crippen LogP contribution in [0.25, 0.3) is 21.7 Å². The van der Waals surface area contributed by atoms with Crippen LogP contribution >= 0.6 is 0 Å². The highest BCUT2D eigenvalue weighted by Gasteiger charge is 2.46. The number of benzene rings is 3. The molecule has 0 heterocycles. The highest BCUT2D eigenvalue weighted by molar-refractivity contribution is 6.11. The molecule has 0 atom stereocenters. The molecule has 1 aliphatic carbocycles. The van der Waals surface area contributed by atoms with Gasteiger partial charge in [0.15, 0.2) is 69.8 Å². The first-order valence-corrected chi connectivity index (χ1v) is 11.3. The number of halogens is 14. The summed E-state index contributed by atoms with van der Waals surface area (Å²) in [4.78, 5) is 2.55. The predicted octanol–water partition coefficient (Wildman–Crippen LogP) is 8.54. The van der Waals surface area contributed by atoms with E-state index < -0.39 is 137 Å². The Balaban J connectivity index is 2.36. The van der Waals surface area contributed by atoms with Crippen molar-refractivity contribution in [3.63, 3.8) is 0 Å². The number of nitriles is 2. The van der Waals surface area contributed by atoms with Gasteiger partial charge in [-0.1, -0.05) is 0 Å². The van der Waals surface area contributed by atoms with Gasteiger partial charge in [0.1, 0.15) is 18.0 Å². The highest BCUT2D eigenvalue weighted by Crippen LogP contribution is 2.57. The van der Waals surface area contributed by atoms with Crippen LogP contribution in [0.5, 0.6) is 0 Å². The third-order valence-corrected chi connectivity index (χ3v) is 6.40. The van der Waals surface area contributed by atoms with Crippen molar-refractivity contribution in [2.24, 2.45) is 0 Å². The lowest BCUT2D eigenvalue weighted by molar-refractivity contribution is 0.376. The standard InChI is InChI=1S/C28H3F14N3/c1-5-14(29)10(16(31)21(36)15(5)30)6(3-43)8-9(7(4-44)11-17(32)22(37)26(41)23(38)18(11)33)12(8)28(45-2)13-19(34)24(39)27(42)25(40)20(13)35/h1H3. The van der Waals surface area contributed by atoms with Crippen LogP contribution in [0.3, 0.4) is 0 Å². The van der Waals surface area contributed by atoms with Crippen molar-refractivity contribution in [3.8, 4) is 12.1 Å². The van der Waals surface area contributed by atoms with Crippen LogP contribution in [-0.2, 0) is 0 Å². The summed E-state index contributed by atoms with van der Waals surface area (Å²) in [6, 6.07) is 1.94. The van der Waals surface area contributed by atoms with Crippen LogP contribution < -0.4 is 0 Å². The zero-order valence-corrected chi connectivity index (χ0v) is 21.1. The molecule has 228 valence electrons. The lowest BCUT2D eigenvalue weighted by Gasteiger charge is -2.09. The molecule has 45 heavy (non-hydrogen) atoms. The number of hydrogen-bond donors (Lipinski definition) is 0. The van der Waals surface area contributed by atoms with Crippen molar-refractivity contribution in [3.05, 3.63) is 132 Å². The maximum Gasteiger partial charge on any atom is 0.208 e. The maximum atomic E-state index is 15.0. The minimum absolute atomic E-state index is 0.520. The molecule has 3 aromatic rings. The normalized spacial score (nSPS) is 15.7. The van der Waals surface area contributed by atoms with Crippen LogP contribution in [0.1, 0.15) is 22.3 Å². The van der Waals surface area contributed by atoms with E-state index in [0.717, 1.165) is 12.1 Å². The lowest BCUT2D eigenvalue weighted by Crippen LogP contribution is -2.06. The molecule has 1 fully saturated rings. The van der Waals surface area contributed by atoms with Gasteiger partial charge in [0.2, 0.25) is 11.5 Å². The Morgan fingerprint density at radius 2 is 0.733 bits per heavy atom. The van der Waals surface area contributed by atoms with Crippen LogP contribution in [0.2, 0.25) is 0 Å². The van der Waals surface area contributed by atoms with Crippen molar-refractivity contribution in [2.45, 2.75) is 6.92 Å². The Bertz CT molecular complexity index is 1800. The average Bonchev–Trinajstić information content (AvgIpc) is 3.74. The summed E-state index contributed by atoms with van der Waals surface area (Å²) in [6.07, 6.45) is 0. The molecule has 1 saturated carbocycles. The largest absolute Gasteiger partial charge is 0.237 e. The van der Waals surface area contributed by atoms with Crippen LogP contribution in [-0.4, -0.2) is 0 Å². The molecule has 3 nitrogen and oxygen atoms in total. The minimum Gasteiger partial charge on any atom is -0.237 e. The highest BCUT2D eigenvalue weighted by atomic mass is 19.2. The zero-order valence-electron chi connectivity index (χ0n) is 21.1. The second-order valence-electron chi connectivity index (χ2n) is 8.70. The summed E-state index contributed by atoms with van der Waals surface area (Å²) in [5.74, 6) is -36.3. The predicted molar refractivity (Wildman–Crippen MR) is 122 cm³/mol. The van der Waals surface area contributed by atoms with Gasteiger partial charge < -0.3 is 0 Å². The summed E-state index contributed by atoms with van der Waals surface area (Å²) in [6.45, 7) is 7.83. The van der Waals surface area contributed by atoms with Crippen molar-refractivity contribution in [1.29, 1.82) is 10.5 Å². The molecule has 17 heteroatoms. The van der Waals surface area contributed by atoms with Crippen molar-refractivity contribution in [2.75, 3.05) is 0 Å². The smallest absolute Gasteiger partial charge is 0.208 e. The van der Waals surface area contributed by atoms with E-state index >= 15 is 4.39 Å². The van der Waals surface area contributed by atoms with Gasteiger partial charge in [-0.3, -0.25) is 0 Å². The fraction of sp³-hybridized carbons (Fsp3) is 0.0357. The summed E-state index contributed by atoms with van der Waals surface area (Å²) < 4.78 is 200. The van der Waals surface area contributed by atoms with E-state index in [9.17, 15) is 67.6 Å². The molecule has 0 N–H and O–H groups in total. The number of hydrogen-bond acceptors (Lipinski definition) is 2. The molecular formula is C28H3F14N3. The van der Waals surface area contributed by atoms with Gasteiger partial charge >= 0.3 is 0 Å². The molecule has 0 spiro atoms. The van der Waals surface area contributed by atoms with Gasteiger partial charge in [-0.15, -0.1) is 0 Å². The van der Waals surface area contributed by atoms with E-state index in [1.807, 2.05) is 0 Å². The Kier molecular flexibility index (Phi) is 7.99. The Morgan fingerprint density at radius 1 is 0.444 bits per heavy atom. The van der Waals surface area contributed by atoms with Gasteiger partial charge in [-0.05, 0) is 23.6 Å². The Labute approximate surface area is 240 Å². The molecule has 0 aromatic heterocycles. The van der Waals surface area contributed by atoms with Crippen molar-refractivity contribution < 1.29 is 61.5 Å². The van der Waals surface area contributed by atoms with Gasteiger partial charge in [-0.25, -0.2) is 66.3 Å². The molecular weight excluding hydrogens is 644 g/mol. The topological polar surface area (TPSA) is 51.9 Å². The SMILES string of the molecule is [C-]#[N+]C(=C1C(=C(C#N)c2c(F)c(C)c(F)c(F)c2F)C1=C(C#N)c1c(F)c(F)c(F)c(F)c1F)c1c(F)c(F)c(F)c(F)c1F. The van der Waals surface area contributed by atoms with E-state index in [2.05, 4.69) is 4.85 Å². The summed E-state index contributed by atoms with van der Waals surface area (Å²) in [5.41, 5.74) is -16.8. The van der Waals surface area contributed by atoms with Crippen LogP contribution in [0.4, 0.5) is 61.5 Å². The summed E-state index contributed by atoms with van der Waals surface area (Å²) >= 11 is 0. The first kappa shape index (κ1) is 32.3. The van der Waals surface area contributed by atoms with Crippen LogP contribution in [0, 0.1) is 118 Å². The van der Waals surface area contributed by atoms with E-state index in [-0.39, 0.29) is 0 Å². The molecule has 1 aliphatic rings. The average molecular weight is 647 g/mol. The van der Waals surface area contributed by atoms with E-state index in [1.165, 1.54) is 0 Å². The number of nitrogens with zero attached hydrogens (tertiary/aromatic N) is 3. The monoisotopic (exact) mass is 647 g/mol. The Morgan fingerprint density at radius 3 is 1.07 bits per heavy atom. The van der Waals surface area contributed by atoms with Crippen LogP contribution in [0.15, 0.2) is 16.7 Å². The third-order valence-electron chi connectivity index (χ3n) is 6.40. The van der Waals surface area contributed by atoms with Gasteiger partial charge in [0.25, 0.3) is 0 Å². The second kappa shape index (κ2) is 11.1. The van der Waals surface area contributed by atoms with Gasteiger partial charge in [0, 0.05) is 5.56 Å². The molecule has 0 bridgehead atoms. The second-order valence-corrected chi connectivity index (χ2v) is 8.70. The van der Waals surface area contributed by atoms with E-state index in [1.54, 1.807) is 0 Å². The van der Waals surface area contributed by atoms with E-state index in [4.69, 9.17) is 6.57 Å². The van der Waals surface area contributed by atoms with Gasteiger partial charge in [0.05, 0.1) is 34.4 Å². The lowest BCUT2D eigenvalue weighted by atomic mass is 9.99. The number of rotatable bonds is 3. The molecule has 3 aromatic carbocycles. The van der Waals surface area contributed by atoms with Crippen molar-refractivity contribution >= 4 is 16.8 Å². The van der Waals surface area contributed by atoms with E-state index in [0.29, 0.717) is 6.92 Å². The molecule has 0 radical (unpaired) electrons. The zero-order chi connectivity index (χ0) is 34.0. The summed E-state index contributed by atoms with van der Waals surface area (Å²) in [7, 11) is 0. The first-order chi connectivity index (χ1) is 21.0. The fourth-order valence-corrected chi connectivity index (χ4v) is 4.24. The summed E-state index contributed by atoms with van der Waals surface area (Å²) in [5, 5.41) is 19.4. The molecule has 0 aliphatic heterocycles. The third kappa shape index (κ3) is 4.49. The first-order valence-electron chi connectivity index (χ1n) is 11.3. The quantitative estimate of drug-likeness (QED) is 0.0941. The molecule has 4 rings (SSSR count). The fourth-order valence-electron chi connectivity index (χ4n) is 4.24. The number of allylic oxidation sites excluding steroid dienone is 5. The molecule has 0 amide bonds. The van der Waals surface area contributed by atoms with Gasteiger partial charge in [-0.2, -0.15) is 10.5 Å². The van der Waals surface area contributed by atoms with Crippen molar-refractivity contribution in [1.82, 2.24) is 0 Å². The Hall–Kier alpha value is -5.63. The molecule has 0 saturated heterocycles.